The molecule has 3 N–H and O–H groups in total. The fraction of sp³-hybridized carbons (Fsp3) is 0.909. The lowest BCUT2D eigenvalue weighted by Gasteiger charge is -2.23. The molecule has 0 fully saturated rings. The standard InChI is InChI=1S/C11H23NO4/c1-5-8(6-9(14)7-13)12-10(15)16-11(2,3)4/h8-9,13-14H,5-7H2,1-4H3,(H,12,15)/t8-,9+/m0/s1. The van der Waals surface area contributed by atoms with Gasteiger partial charge in [0.05, 0.1) is 12.7 Å². The second kappa shape index (κ2) is 6.70. The maximum absolute atomic E-state index is 11.4. The molecule has 16 heavy (non-hydrogen) atoms. The maximum atomic E-state index is 11.4. The molecule has 2 atom stereocenters. The Morgan fingerprint density at radius 3 is 2.38 bits per heavy atom. The Kier molecular flexibility index (Phi) is 6.36. The van der Waals surface area contributed by atoms with E-state index < -0.39 is 17.8 Å². The number of hydrogen-bond donors (Lipinski definition) is 3. The number of carbonyl (C=O) groups excluding carboxylic acids is 1. The van der Waals surface area contributed by atoms with Crippen LogP contribution in [0.3, 0.4) is 0 Å². The minimum absolute atomic E-state index is 0.183. The van der Waals surface area contributed by atoms with Gasteiger partial charge in [0, 0.05) is 6.04 Å². The van der Waals surface area contributed by atoms with Crippen LogP contribution >= 0.6 is 0 Å². The van der Waals surface area contributed by atoms with Gasteiger partial charge in [0.25, 0.3) is 0 Å². The van der Waals surface area contributed by atoms with Gasteiger partial charge < -0.3 is 20.3 Å². The van der Waals surface area contributed by atoms with Crippen LogP contribution in [-0.2, 0) is 4.74 Å². The van der Waals surface area contributed by atoms with Crippen molar-refractivity contribution in [2.45, 2.75) is 58.3 Å². The van der Waals surface area contributed by atoms with Crippen LogP contribution < -0.4 is 5.32 Å². The van der Waals surface area contributed by atoms with Crippen molar-refractivity contribution in [1.82, 2.24) is 5.32 Å². The zero-order valence-corrected chi connectivity index (χ0v) is 10.5. The van der Waals surface area contributed by atoms with Gasteiger partial charge in [-0.1, -0.05) is 6.92 Å². The number of nitrogens with one attached hydrogen (secondary N) is 1. The first kappa shape index (κ1) is 15.2. The summed E-state index contributed by atoms with van der Waals surface area (Å²) in [5.41, 5.74) is -0.530. The van der Waals surface area contributed by atoms with Gasteiger partial charge in [0.15, 0.2) is 0 Å². The minimum Gasteiger partial charge on any atom is -0.444 e. The Hall–Kier alpha value is -0.810. The number of ether oxygens (including phenoxy) is 1. The van der Waals surface area contributed by atoms with E-state index in [4.69, 9.17) is 9.84 Å². The van der Waals surface area contributed by atoms with E-state index in [0.717, 1.165) is 0 Å². The molecule has 5 nitrogen and oxygen atoms in total. The van der Waals surface area contributed by atoms with Gasteiger partial charge in [-0.3, -0.25) is 0 Å². The number of aliphatic hydroxyl groups excluding tert-OH is 2. The van der Waals surface area contributed by atoms with Gasteiger partial charge in [-0.25, -0.2) is 4.79 Å². The van der Waals surface area contributed by atoms with Crippen LogP contribution in [0.1, 0.15) is 40.5 Å². The number of amides is 1. The molecule has 0 aromatic carbocycles. The fourth-order valence-electron chi connectivity index (χ4n) is 1.20. The highest BCUT2D eigenvalue weighted by Crippen LogP contribution is 2.08. The quantitative estimate of drug-likeness (QED) is 0.662. The first-order valence-electron chi connectivity index (χ1n) is 5.57. The average molecular weight is 233 g/mol. The molecule has 96 valence electrons. The van der Waals surface area contributed by atoms with Crippen molar-refractivity contribution in [3.63, 3.8) is 0 Å². The van der Waals surface area contributed by atoms with E-state index in [9.17, 15) is 9.90 Å². The molecule has 0 aliphatic rings. The van der Waals surface area contributed by atoms with E-state index in [1.807, 2.05) is 6.92 Å². The van der Waals surface area contributed by atoms with E-state index in [-0.39, 0.29) is 12.6 Å². The summed E-state index contributed by atoms with van der Waals surface area (Å²) in [6.07, 6.45) is -0.299. The highest BCUT2D eigenvalue weighted by Gasteiger charge is 2.20. The van der Waals surface area contributed by atoms with E-state index in [0.29, 0.717) is 12.8 Å². The molecule has 0 aromatic heterocycles. The van der Waals surface area contributed by atoms with Gasteiger partial charge in [0.2, 0.25) is 0 Å². The molecule has 0 radical (unpaired) electrons. The van der Waals surface area contributed by atoms with Crippen molar-refractivity contribution in [3.05, 3.63) is 0 Å². The maximum Gasteiger partial charge on any atom is 0.407 e. The van der Waals surface area contributed by atoms with E-state index in [2.05, 4.69) is 5.32 Å². The van der Waals surface area contributed by atoms with Crippen molar-refractivity contribution >= 4 is 6.09 Å². The van der Waals surface area contributed by atoms with E-state index in [1.165, 1.54) is 0 Å². The third-order valence-corrected chi connectivity index (χ3v) is 1.98. The van der Waals surface area contributed by atoms with Gasteiger partial charge in [-0.05, 0) is 33.6 Å². The Labute approximate surface area is 96.8 Å². The van der Waals surface area contributed by atoms with Crippen molar-refractivity contribution < 1.29 is 19.7 Å². The molecule has 0 saturated carbocycles. The predicted octanol–water partition coefficient (Wildman–Crippen LogP) is 1.03. The van der Waals surface area contributed by atoms with Crippen molar-refractivity contribution in [1.29, 1.82) is 0 Å². The third-order valence-electron chi connectivity index (χ3n) is 1.98. The summed E-state index contributed by atoms with van der Waals surface area (Å²) in [6, 6.07) is -0.183. The highest BCUT2D eigenvalue weighted by molar-refractivity contribution is 5.68. The summed E-state index contributed by atoms with van der Waals surface area (Å²) in [6.45, 7) is 6.96. The predicted molar refractivity (Wildman–Crippen MR) is 61.2 cm³/mol. The van der Waals surface area contributed by atoms with Crippen LogP contribution in [0, 0.1) is 0 Å². The van der Waals surface area contributed by atoms with Crippen molar-refractivity contribution in [2.24, 2.45) is 0 Å². The van der Waals surface area contributed by atoms with Crippen LogP contribution in [0.2, 0.25) is 0 Å². The average Bonchev–Trinajstić information content (AvgIpc) is 2.13. The normalized spacial score (nSPS) is 15.4. The van der Waals surface area contributed by atoms with E-state index >= 15 is 0 Å². The lowest BCUT2D eigenvalue weighted by Crippen LogP contribution is -2.40. The number of carbonyl (C=O) groups is 1. The number of rotatable bonds is 5. The molecule has 0 bridgehead atoms. The zero-order valence-electron chi connectivity index (χ0n) is 10.5. The summed E-state index contributed by atoms with van der Waals surface area (Å²) in [5, 5.41) is 20.6. The number of hydrogen-bond acceptors (Lipinski definition) is 4. The zero-order chi connectivity index (χ0) is 12.8. The number of aliphatic hydroxyl groups is 2. The molecule has 0 spiro atoms. The summed E-state index contributed by atoms with van der Waals surface area (Å²) < 4.78 is 5.09. The minimum atomic E-state index is -0.806. The van der Waals surface area contributed by atoms with Gasteiger partial charge in [0.1, 0.15) is 5.60 Å². The molecule has 0 aliphatic carbocycles. The SMILES string of the molecule is CC[C@@H](C[C@@H](O)CO)NC(=O)OC(C)(C)C. The van der Waals surface area contributed by atoms with Gasteiger partial charge in [-0.15, -0.1) is 0 Å². The topological polar surface area (TPSA) is 78.8 Å². The molecule has 0 aliphatic heterocycles. The Morgan fingerprint density at radius 1 is 1.44 bits per heavy atom. The van der Waals surface area contributed by atoms with Crippen LogP contribution in [0.15, 0.2) is 0 Å². The Morgan fingerprint density at radius 2 is 2.00 bits per heavy atom. The monoisotopic (exact) mass is 233 g/mol. The summed E-state index contributed by atoms with van der Waals surface area (Å²) in [4.78, 5) is 11.4. The van der Waals surface area contributed by atoms with Crippen LogP contribution in [0.5, 0.6) is 0 Å². The number of alkyl carbamates (subject to hydrolysis) is 1. The van der Waals surface area contributed by atoms with Crippen LogP contribution in [-0.4, -0.2) is 40.7 Å². The molecule has 5 heteroatoms. The largest absolute Gasteiger partial charge is 0.444 e. The van der Waals surface area contributed by atoms with Gasteiger partial charge in [-0.2, -0.15) is 0 Å². The molecule has 1 amide bonds. The smallest absolute Gasteiger partial charge is 0.407 e. The lowest BCUT2D eigenvalue weighted by atomic mass is 10.1. The molecule has 0 heterocycles. The van der Waals surface area contributed by atoms with Gasteiger partial charge >= 0.3 is 6.09 Å². The highest BCUT2D eigenvalue weighted by atomic mass is 16.6. The second-order valence-corrected chi connectivity index (χ2v) is 4.82. The molecular weight excluding hydrogens is 210 g/mol. The van der Waals surface area contributed by atoms with Crippen LogP contribution in [0.4, 0.5) is 4.79 Å². The second-order valence-electron chi connectivity index (χ2n) is 4.82. The summed E-state index contributed by atoms with van der Waals surface area (Å²) in [5.74, 6) is 0. The fourth-order valence-corrected chi connectivity index (χ4v) is 1.20. The van der Waals surface area contributed by atoms with Crippen LogP contribution in [0.25, 0.3) is 0 Å². The molecule has 0 unspecified atom stereocenters. The lowest BCUT2D eigenvalue weighted by molar-refractivity contribution is 0.0447. The first-order valence-corrected chi connectivity index (χ1v) is 5.57. The molecule has 0 aromatic rings. The summed E-state index contributed by atoms with van der Waals surface area (Å²) in [7, 11) is 0. The van der Waals surface area contributed by atoms with Crippen molar-refractivity contribution in [2.75, 3.05) is 6.61 Å². The molecule has 0 rings (SSSR count). The Balaban J connectivity index is 4.07. The first-order chi connectivity index (χ1) is 7.28. The van der Waals surface area contributed by atoms with Crippen molar-refractivity contribution in [3.8, 4) is 0 Å². The molecule has 0 saturated heterocycles. The Bertz CT molecular complexity index is 213. The third kappa shape index (κ3) is 7.48. The van der Waals surface area contributed by atoms with E-state index in [1.54, 1.807) is 20.8 Å². The summed E-state index contributed by atoms with van der Waals surface area (Å²) >= 11 is 0. The molecular formula is C11H23NO4.